The molecule has 0 unspecified atom stereocenters. The summed E-state index contributed by atoms with van der Waals surface area (Å²) in [6, 6.07) is 12.9. The summed E-state index contributed by atoms with van der Waals surface area (Å²) in [5.41, 5.74) is 5.00. The minimum absolute atomic E-state index is 1.05. The fourth-order valence-corrected chi connectivity index (χ4v) is 3.65. The van der Waals surface area contributed by atoms with Crippen molar-refractivity contribution in [2.75, 3.05) is 20.6 Å². The van der Waals surface area contributed by atoms with Crippen LogP contribution in [0.1, 0.15) is 23.2 Å². The normalized spacial score (nSPS) is 15.1. The monoisotopic (exact) mass is 296 g/mol. The lowest BCUT2D eigenvalue weighted by Crippen LogP contribution is -2.12. The molecule has 1 aromatic carbocycles. The summed E-state index contributed by atoms with van der Waals surface area (Å²) in [4.78, 5) is 8.24. The zero-order valence-corrected chi connectivity index (χ0v) is 13.6. The Labute approximate surface area is 130 Å². The van der Waals surface area contributed by atoms with E-state index in [4.69, 9.17) is 4.98 Å². The molecule has 2 aromatic rings. The summed E-state index contributed by atoms with van der Waals surface area (Å²) in [7, 11) is 4.23. The van der Waals surface area contributed by atoms with Crippen molar-refractivity contribution in [1.82, 2.24) is 9.88 Å². The van der Waals surface area contributed by atoms with Crippen LogP contribution in [0.5, 0.6) is 0 Å². The zero-order valence-electron chi connectivity index (χ0n) is 12.8. The topological polar surface area (TPSA) is 16.1 Å². The maximum absolute atomic E-state index is 4.72. The summed E-state index contributed by atoms with van der Waals surface area (Å²) < 4.78 is 0. The molecule has 0 spiro atoms. The van der Waals surface area contributed by atoms with Crippen molar-refractivity contribution in [1.29, 1.82) is 0 Å². The number of hydrogen-bond donors (Lipinski definition) is 0. The van der Waals surface area contributed by atoms with E-state index < -0.39 is 0 Å². The molecule has 0 saturated carbocycles. The maximum Gasteiger partial charge on any atom is 0.109 e. The second-order valence-corrected chi connectivity index (χ2v) is 6.64. The lowest BCUT2D eigenvalue weighted by atomic mass is 9.97. The lowest BCUT2D eigenvalue weighted by Gasteiger charge is -2.21. The SMILES string of the molecule is Cc1ccc2c(n1)Sc1ccccc1C2=CCCN(C)C. The Hall–Kier alpha value is -1.58. The van der Waals surface area contributed by atoms with Gasteiger partial charge in [-0.3, -0.25) is 0 Å². The molecule has 0 saturated heterocycles. The van der Waals surface area contributed by atoms with Gasteiger partial charge in [0, 0.05) is 22.7 Å². The van der Waals surface area contributed by atoms with Gasteiger partial charge >= 0.3 is 0 Å². The second kappa shape index (κ2) is 6.04. The van der Waals surface area contributed by atoms with Crippen molar-refractivity contribution in [3.05, 3.63) is 59.3 Å². The van der Waals surface area contributed by atoms with Crippen molar-refractivity contribution in [3.8, 4) is 0 Å². The molecular formula is C18H20N2S. The van der Waals surface area contributed by atoms with Gasteiger partial charge in [-0.1, -0.05) is 36.0 Å². The van der Waals surface area contributed by atoms with E-state index in [1.165, 1.54) is 21.6 Å². The fourth-order valence-electron chi connectivity index (χ4n) is 2.53. The van der Waals surface area contributed by atoms with Crippen molar-refractivity contribution in [2.45, 2.75) is 23.3 Å². The van der Waals surface area contributed by atoms with Crippen LogP contribution in [0.4, 0.5) is 0 Å². The molecule has 108 valence electrons. The summed E-state index contributed by atoms with van der Waals surface area (Å²) >= 11 is 1.78. The van der Waals surface area contributed by atoms with Gasteiger partial charge in [0.2, 0.25) is 0 Å². The highest BCUT2D eigenvalue weighted by Crippen LogP contribution is 2.44. The predicted octanol–water partition coefficient (Wildman–Crippen LogP) is 4.24. The Morgan fingerprint density at radius 3 is 2.71 bits per heavy atom. The van der Waals surface area contributed by atoms with Crippen molar-refractivity contribution in [3.63, 3.8) is 0 Å². The number of aryl methyl sites for hydroxylation is 1. The molecular weight excluding hydrogens is 276 g/mol. The van der Waals surface area contributed by atoms with E-state index in [9.17, 15) is 0 Å². The highest BCUT2D eigenvalue weighted by Gasteiger charge is 2.21. The number of rotatable bonds is 3. The minimum Gasteiger partial charge on any atom is -0.309 e. The average Bonchev–Trinajstić information content (AvgIpc) is 2.46. The zero-order chi connectivity index (χ0) is 14.8. The Kier molecular flexibility index (Phi) is 4.13. The number of fused-ring (bicyclic) bond motifs is 2. The van der Waals surface area contributed by atoms with Gasteiger partial charge in [-0.2, -0.15) is 0 Å². The summed E-state index contributed by atoms with van der Waals surface area (Å²) in [6.07, 6.45) is 3.41. The Balaban J connectivity index is 2.05. The highest BCUT2D eigenvalue weighted by atomic mass is 32.2. The van der Waals surface area contributed by atoms with Crippen molar-refractivity contribution >= 4 is 17.3 Å². The van der Waals surface area contributed by atoms with Gasteiger partial charge < -0.3 is 4.90 Å². The third-order valence-corrected chi connectivity index (χ3v) is 4.68. The van der Waals surface area contributed by atoms with E-state index in [1.54, 1.807) is 11.8 Å². The first-order chi connectivity index (χ1) is 10.1. The Bertz CT molecular complexity index is 689. The lowest BCUT2D eigenvalue weighted by molar-refractivity contribution is 0.417. The van der Waals surface area contributed by atoms with E-state index in [2.05, 4.69) is 68.4 Å². The summed E-state index contributed by atoms with van der Waals surface area (Å²) in [5, 5.41) is 1.13. The molecule has 1 aliphatic heterocycles. The number of aromatic nitrogens is 1. The molecule has 0 aliphatic carbocycles. The van der Waals surface area contributed by atoms with Gasteiger partial charge in [-0.05, 0) is 56.8 Å². The molecule has 1 aromatic heterocycles. The van der Waals surface area contributed by atoms with Gasteiger partial charge in [0.15, 0.2) is 0 Å². The number of nitrogens with zero attached hydrogens (tertiary/aromatic N) is 2. The standard InChI is InChI=1S/C18H20N2S/c1-13-10-11-16-14(8-6-12-20(2)3)15-7-4-5-9-17(15)21-18(16)19-13/h4-5,7-11H,6,12H2,1-3H3. The molecule has 0 fully saturated rings. The van der Waals surface area contributed by atoms with E-state index in [1.807, 2.05) is 0 Å². The van der Waals surface area contributed by atoms with Crippen LogP contribution in [0.2, 0.25) is 0 Å². The van der Waals surface area contributed by atoms with Crippen LogP contribution < -0.4 is 0 Å². The molecule has 0 bridgehead atoms. The molecule has 2 nitrogen and oxygen atoms in total. The van der Waals surface area contributed by atoms with Crippen LogP contribution in [0.3, 0.4) is 0 Å². The largest absolute Gasteiger partial charge is 0.309 e. The fraction of sp³-hybridized carbons (Fsp3) is 0.278. The van der Waals surface area contributed by atoms with E-state index in [0.717, 1.165) is 23.7 Å². The van der Waals surface area contributed by atoms with Crippen LogP contribution in [0, 0.1) is 6.92 Å². The number of pyridine rings is 1. The summed E-state index contributed by atoms with van der Waals surface area (Å²) in [5.74, 6) is 0. The van der Waals surface area contributed by atoms with Crippen LogP contribution in [0.25, 0.3) is 5.57 Å². The quantitative estimate of drug-likeness (QED) is 0.719. The number of benzene rings is 1. The van der Waals surface area contributed by atoms with Crippen molar-refractivity contribution in [2.24, 2.45) is 0 Å². The molecule has 2 heterocycles. The van der Waals surface area contributed by atoms with Gasteiger partial charge in [0.1, 0.15) is 5.03 Å². The molecule has 0 atom stereocenters. The Morgan fingerprint density at radius 2 is 1.90 bits per heavy atom. The first kappa shape index (κ1) is 14.4. The molecule has 0 N–H and O–H groups in total. The molecule has 1 aliphatic rings. The van der Waals surface area contributed by atoms with Crippen LogP contribution in [-0.4, -0.2) is 30.5 Å². The maximum atomic E-state index is 4.72. The third-order valence-electron chi connectivity index (χ3n) is 3.60. The smallest absolute Gasteiger partial charge is 0.109 e. The summed E-state index contributed by atoms with van der Waals surface area (Å²) in [6.45, 7) is 3.12. The second-order valence-electron chi connectivity index (χ2n) is 5.61. The average molecular weight is 296 g/mol. The van der Waals surface area contributed by atoms with Gasteiger partial charge in [-0.25, -0.2) is 4.98 Å². The molecule has 21 heavy (non-hydrogen) atoms. The predicted molar refractivity (Wildman–Crippen MR) is 89.8 cm³/mol. The van der Waals surface area contributed by atoms with Crippen LogP contribution in [0.15, 0.2) is 52.4 Å². The van der Waals surface area contributed by atoms with E-state index in [0.29, 0.717) is 0 Å². The molecule has 3 heteroatoms. The van der Waals surface area contributed by atoms with E-state index >= 15 is 0 Å². The van der Waals surface area contributed by atoms with Gasteiger partial charge in [0.05, 0.1) is 0 Å². The van der Waals surface area contributed by atoms with E-state index in [-0.39, 0.29) is 0 Å². The molecule has 0 amide bonds. The molecule has 3 rings (SSSR count). The van der Waals surface area contributed by atoms with Gasteiger partial charge in [-0.15, -0.1) is 0 Å². The van der Waals surface area contributed by atoms with Gasteiger partial charge in [0.25, 0.3) is 0 Å². The molecule has 0 radical (unpaired) electrons. The number of hydrogen-bond acceptors (Lipinski definition) is 3. The third kappa shape index (κ3) is 3.04. The van der Waals surface area contributed by atoms with Crippen molar-refractivity contribution < 1.29 is 0 Å². The minimum atomic E-state index is 1.05. The van der Waals surface area contributed by atoms with Crippen LogP contribution in [-0.2, 0) is 0 Å². The first-order valence-corrected chi connectivity index (χ1v) is 8.07. The Morgan fingerprint density at radius 1 is 1.10 bits per heavy atom. The first-order valence-electron chi connectivity index (χ1n) is 7.25. The highest BCUT2D eigenvalue weighted by molar-refractivity contribution is 7.99. The van der Waals surface area contributed by atoms with Crippen LogP contribution >= 0.6 is 11.8 Å².